The number of carbonyl (C=O) groups is 1. The minimum Gasteiger partial charge on any atom is -0.496 e. The number of benzene rings is 2. The van der Waals surface area contributed by atoms with Gasteiger partial charge in [0.25, 0.3) is 5.91 Å². The fourth-order valence-corrected chi connectivity index (χ4v) is 2.56. The molecule has 0 saturated heterocycles. The summed E-state index contributed by atoms with van der Waals surface area (Å²) in [5, 5.41) is 3.01. The van der Waals surface area contributed by atoms with Crippen LogP contribution >= 0.6 is 0 Å². The topological polar surface area (TPSA) is 47.6 Å². The van der Waals surface area contributed by atoms with Gasteiger partial charge in [0, 0.05) is 23.4 Å². The second-order valence-electron chi connectivity index (χ2n) is 5.80. The van der Waals surface area contributed by atoms with Gasteiger partial charge in [0.05, 0.1) is 13.7 Å². The Labute approximate surface area is 143 Å². The molecule has 0 unspecified atom stereocenters. The summed E-state index contributed by atoms with van der Waals surface area (Å²) in [7, 11) is 1.62. The van der Waals surface area contributed by atoms with Crippen LogP contribution in [0.1, 0.15) is 40.4 Å². The second kappa shape index (κ2) is 8.50. The van der Waals surface area contributed by atoms with E-state index in [-0.39, 0.29) is 5.91 Å². The number of para-hydroxylation sites is 1. The molecule has 0 aliphatic carbocycles. The zero-order valence-electron chi connectivity index (χ0n) is 14.8. The van der Waals surface area contributed by atoms with Crippen molar-refractivity contribution in [3.8, 4) is 5.75 Å². The maximum Gasteiger partial charge on any atom is 0.255 e. The van der Waals surface area contributed by atoms with E-state index in [0.29, 0.717) is 18.8 Å². The Kier molecular flexibility index (Phi) is 6.38. The van der Waals surface area contributed by atoms with Gasteiger partial charge >= 0.3 is 0 Å². The largest absolute Gasteiger partial charge is 0.496 e. The van der Waals surface area contributed by atoms with Crippen LogP contribution in [-0.4, -0.2) is 19.6 Å². The molecule has 0 atom stereocenters. The Hall–Kier alpha value is -2.33. The molecule has 0 aliphatic rings. The molecular weight excluding hydrogens is 302 g/mol. The first-order chi connectivity index (χ1) is 11.6. The Morgan fingerprint density at radius 2 is 1.83 bits per heavy atom. The van der Waals surface area contributed by atoms with E-state index in [1.165, 1.54) is 0 Å². The highest BCUT2D eigenvalue weighted by Crippen LogP contribution is 2.23. The van der Waals surface area contributed by atoms with Gasteiger partial charge in [-0.1, -0.05) is 25.1 Å². The number of anilines is 1. The summed E-state index contributed by atoms with van der Waals surface area (Å²) >= 11 is 0. The molecule has 0 aromatic heterocycles. The third kappa shape index (κ3) is 4.36. The van der Waals surface area contributed by atoms with Gasteiger partial charge in [0.15, 0.2) is 0 Å². The van der Waals surface area contributed by atoms with Gasteiger partial charge in [-0.2, -0.15) is 0 Å². The van der Waals surface area contributed by atoms with E-state index in [9.17, 15) is 4.79 Å². The van der Waals surface area contributed by atoms with Crippen molar-refractivity contribution in [2.24, 2.45) is 0 Å². The highest BCUT2D eigenvalue weighted by molar-refractivity contribution is 6.05. The van der Waals surface area contributed by atoms with Crippen molar-refractivity contribution in [3.63, 3.8) is 0 Å². The molecule has 2 rings (SSSR count). The molecule has 24 heavy (non-hydrogen) atoms. The van der Waals surface area contributed by atoms with E-state index in [2.05, 4.69) is 12.2 Å². The fraction of sp³-hybridized carbons (Fsp3) is 0.350. The second-order valence-corrected chi connectivity index (χ2v) is 5.80. The van der Waals surface area contributed by atoms with Crippen LogP contribution in [0.15, 0.2) is 36.4 Å². The molecule has 0 spiro atoms. The number of hydrogen-bond donors (Lipinski definition) is 1. The van der Waals surface area contributed by atoms with Gasteiger partial charge in [0.2, 0.25) is 0 Å². The molecule has 0 aliphatic heterocycles. The minimum atomic E-state index is -0.133. The van der Waals surface area contributed by atoms with E-state index in [4.69, 9.17) is 9.47 Å². The van der Waals surface area contributed by atoms with Crippen LogP contribution in [0.5, 0.6) is 5.75 Å². The van der Waals surface area contributed by atoms with Gasteiger partial charge in [-0.05, 0) is 49.6 Å². The average molecular weight is 327 g/mol. The van der Waals surface area contributed by atoms with Gasteiger partial charge in [0.1, 0.15) is 5.75 Å². The molecule has 2 aromatic rings. The Bertz CT molecular complexity index is 690. The first-order valence-corrected chi connectivity index (χ1v) is 8.19. The lowest BCUT2D eigenvalue weighted by Crippen LogP contribution is -2.14. The van der Waals surface area contributed by atoms with Crippen LogP contribution in [-0.2, 0) is 11.3 Å². The molecule has 0 bridgehead atoms. The molecule has 128 valence electrons. The Morgan fingerprint density at radius 3 is 2.46 bits per heavy atom. The SMILES string of the molecule is CCCOCc1cc(C(=O)Nc2c(C)cccc2C)ccc1OC. The molecule has 4 nitrogen and oxygen atoms in total. The number of amides is 1. The summed E-state index contributed by atoms with van der Waals surface area (Å²) in [6, 6.07) is 11.4. The molecule has 1 amide bonds. The highest BCUT2D eigenvalue weighted by Gasteiger charge is 2.12. The van der Waals surface area contributed by atoms with Crippen molar-refractivity contribution in [2.75, 3.05) is 19.0 Å². The summed E-state index contributed by atoms with van der Waals surface area (Å²) in [5.41, 5.74) is 4.42. The van der Waals surface area contributed by atoms with Gasteiger partial charge in [-0.3, -0.25) is 4.79 Å². The number of nitrogens with one attached hydrogen (secondary N) is 1. The number of hydrogen-bond acceptors (Lipinski definition) is 3. The van der Waals surface area contributed by atoms with E-state index in [0.717, 1.165) is 34.5 Å². The molecule has 1 N–H and O–H groups in total. The minimum absolute atomic E-state index is 0.133. The monoisotopic (exact) mass is 327 g/mol. The zero-order chi connectivity index (χ0) is 17.5. The summed E-state index contributed by atoms with van der Waals surface area (Å²) in [4.78, 5) is 12.6. The van der Waals surface area contributed by atoms with Crippen LogP contribution < -0.4 is 10.1 Å². The summed E-state index contributed by atoms with van der Waals surface area (Å²) in [5.74, 6) is 0.599. The van der Waals surface area contributed by atoms with Crippen molar-refractivity contribution < 1.29 is 14.3 Å². The molecule has 2 aromatic carbocycles. The van der Waals surface area contributed by atoms with Gasteiger partial charge < -0.3 is 14.8 Å². The predicted molar refractivity (Wildman–Crippen MR) is 96.8 cm³/mol. The van der Waals surface area contributed by atoms with Crippen LogP contribution in [0.3, 0.4) is 0 Å². The first kappa shape index (κ1) is 18.0. The molecular formula is C20H25NO3. The van der Waals surface area contributed by atoms with Crippen LogP contribution in [0.25, 0.3) is 0 Å². The Morgan fingerprint density at radius 1 is 1.12 bits per heavy atom. The van der Waals surface area contributed by atoms with Crippen LogP contribution in [0.4, 0.5) is 5.69 Å². The third-order valence-electron chi connectivity index (χ3n) is 3.87. The summed E-state index contributed by atoms with van der Waals surface area (Å²) < 4.78 is 10.9. The zero-order valence-corrected chi connectivity index (χ0v) is 14.8. The standard InChI is InChI=1S/C20H25NO3/c1-5-11-24-13-17-12-16(9-10-18(17)23-4)20(22)21-19-14(2)7-6-8-15(19)3/h6-10,12H,5,11,13H2,1-4H3,(H,21,22). The van der Waals surface area contributed by atoms with Crippen LogP contribution in [0, 0.1) is 13.8 Å². The number of carbonyl (C=O) groups excluding carboxylic acids is 1. The predicted octanol–water partition coefficient (Wildman–Crippen LogP) is 4.49. The number of methoxy groups -OCH3 is 1. The summed E-state index contributed by atoms with van der Waals surface area (Å²) in [6.07, 6.45) is 0.953. The lowest BCUT2D eigenvalue weighted by Gasteiger charge is -2.14. The molecule has 4 heteroatoms. The quantitative estimate of drug-likeness (QED) is 0.762. The first-order valence-electron chi connectivity index (χ1n) is 8.19. The number of aryl methyl sites for hydroxylation is 2. The third-order valence-corrected chi connectivity index (χ3v) is 3.87. The summed E-state index contributed by atoms with van der Waals surface area (Å²) in [6.45, 7) is 7.15. The number of rotatable bonds is 7. The maximum atomic E-state index is 12.6. The Balaban J connectivity index is 2.21. The van der Waals surface area contributed by atoms with E-state index in [1.807, 2.05) is 44.2 Å². The van der Waals surface area contributed by atoms with Crippen molar-refractivity contribution in [2.45, 2.75) is 33.8 Å². The lowest BCUT2D eigenvalue weighted by atomic mass is 10.1. The molecule has 0 heterocycles. The van der Waals surface area contributed by atoms with Gasteiger partial charge in [-0.15, -0.1) is 0 Å². The van der Waals surface area contributed by atoms with Crippen LogP contribution in [0.2, 0.25) is 0 Å². The van der Waals surface area contributed by atoms with Crippen molar-refractivity contribution in [1.29, 1.82) is 0 Å². The van der Waals surface area contributed by atoms with E-state index in [1.54, 1.807) is 13.2 Å². The highest BCUT2D eigenvalue weighted by atomic mass is 16.5. The maximum absolute atomic E-state index is 12.6. The van der Waals surface area contributed by atoms with Crippen molar-refractivity contribution >= 4 is 11.6 Å². The molecule has 0 saturated carbocycles. The number of ether oxygens (including phenoxy) is 2. The average Bonchev–Trinajstić information content (AvgIpc) is 2.58. The van der Waals surface area contributed by atoms with Gasteiger partial charge in [-0.25, -0.2) is 0 Å². The van der Waals surface area contributed by atoms with E-state index < -0.39 is 0 Å². The molecule has 0 fully saturated rings. The molecule has 0 radical (unpaired) electrons. The normalized spacial score (nSPS) is 10.5. The lowest BCUT2D eigenvalue weighted by molar-refractivity contribution is 0.102. The fourth-order valence-electron chi connectivity index (χ4n) is 2.56. The van der Waals surface area contributed by atoms with Crippen molar-refractivity contribution in [3.05, 3.63) is 58.7 Å². The smallest absolute Gasteiger partial charge is 0.255 e. The van der Waals surface area contributed by atoms with Crippen molar-refractivity contribution in [1.82, 2.24) is 0 Å². The van der Waals surface area contributed by atoms with E-state index >= 15 is 0 Å².